The summed E-state index contributed by atoms with van der Waals surface area (Å²) in [6.45, 7) is 0. The minimum absolute atomic E-state index is 0.350. The van der Waals surface area contributed by atoms with Crippen molar-refractivity contribution >= 4 is 29.4 Å². The number of nitrogens with zero attached hydrogens (tertiary/aromatic N) is 1. The van der Waals surface area contributed by atoms with E-state index < -0.39 is 5.91 Å². The molecular formula is C16H16ClN3O3. The topological polar surface area (TPSA) is 85.9 Å². The Bertz CT molecular complexity index is 747. The van der Waals surface area contributed by atoms with Gasteiger partial charge in [0.1, 0.15) is 0 Å². The van der Waals surface area contributed by atoms with Gasteiger partial charge in [0.25, 0.3) is 5.91 Å². The molecule has 7 heteroatoms. The first-order valence-electron chi connectivity index (χ1n) is 6.66. The number of carbonyl (C=O) groups is 1. The number of carbonyl (C=O) groups excluding carboxylic acids is 1. The van der Waals surface area contributed by atoms with Crippen molar-refractivity contribution in [2.75, 3.05) is 20.0 Å². The van der Waals surface area contributed by atoms with Gasteiger partial charge in [0.2, 0.25) is 0 Å². The third-order valence-corrected chi connectivity index (χ3v) is 3.41. The molecule has 2 aromatic rings. The van der Waals surface area contributed by atoms with Crippen LogP contribution in [-0.4, -0.2) is 26.3 Å². The first-order chi connectivity index (χ1) is 11.1. The number of para-hydroxylation sites is 1. The minimum Gasteiger partial charge on any atom is -0.493 e. The number of rotatable bonds is 5. The molecule has 0 fully saturated rings. The normalized spacial score (nSPS) is 10.6. The van der Waals surface area contributed by atoms with E-state index >= 15 is 0 Å². The number of anilines is 1. The molecule has 0 aliphatic carbocycles. The summed E-state index contributed by atoms with van der Waals surface area (Å²) in [5, 5.41) is 4.31. The lowest BCUT2D eigenvalue weighted by Gasteiger charge is -2.09. The molecule has 0 aromatic heterocycles. The Hall–Kier alpha value is -2.73. The van der Waals surface area contributed by atoms with Crippen LogP contribution in [0.25, 0.3) is 0 Å². The standard InChI is InChI=1S/C16H16ClN3O3/c1-22-14-7-10(12(17)8-15(14)23-2)9-19-20-16(21)11-5-3-4-6-13(11)18/h3-9H,18H2,1-2H3,(H,20,21)/b19-9-. The number of benzene rings is 2. The molecule has 0 aliphatic heterocycles. The number of halogens is 1. The lowest BCUT2D eigenvalue weighted by molar-refractivity contribution is 0.0956. The Morgan fingerprint density at radius 1 is 1.22 bits per heavy atom. The molecule has 0 aliphatic rings. The monoisotopic (exact) mass is 333 g/mol. The zero-order valence-corrected chi connectivity index (χ0v) is 13.4. The third-order valence-electron chi connectivity index (χ3n) is 3.08. The van der Waals surface area contributed by atoms with Gasteiger partial charge in [0, 0.05) is 17.3 Å². The van der Waals surface area contributed by atoms with Crippen molar-refractivity contribution in [2.24, 2.45) is 5.10 Å². The Morgan fingerprint density at radius 2 is 1.87 bits per heavy atom. The van der Waals surface area contributed by atoms with Gasteiger partial charge in [-0.15, -0.1) is 0 Å². The van der Waals surface area contributed by atoms with Crippen molar-refractivity contribution in [3.8, 4) is 11.5 Å². The lowest BCUT2D eigenvalue weighted by atomic mass is 10.2. The van der Waals surface area contributed by atoms with Crippen LogP contribution in [0.5, 0.6) is 11.5 Å². The van der Waals surface area contributed by atoms with Crippen molar-refractivity contribution in [3.63, 3.8) is 0 Å². The predicted octanol–water partition coefficient (Wildman–Crippen LogP) is 2.70. The summed E-state index contributed by atoms with van der Waals surface area (Å²) in [7, 11) is 3.04. The summed E-state index contributed by atoms with van der Waals surface area (Å²) in [6, 6.07) is 10.00. The Kier molecular flexibility index (Phi) is 5.43. The molecule has 0 radical (unpaired) electrons. The molecule has 2 aromatic carbocycles. The fourth-order valence-electron chi connectivity index (χ4n) is 1.89. The van der Waals surface area contributed by atoms with Gasteiger partial charge in [0.05, 0.1) is 31.0 Å². The average Bonchev–Trinajstić information content (AvgIpc) is 2.56. The maximum Gasteiger partial charge on any atom is 0.273 e. The van der Waals surface area contributed by atoms with E-state index in [9.17, 15) is 4.79 Å². The van der Waals surface area contributed by atoms with Crippen molar-refractivity contribution in [1.29, 1.82) is 0 Å². The maximum absolute atomic E-state index is 12.0. The molecule has 3 N–H and O–H groups in total. The number of nitrogens with two attached hydrogens (primary N) is 1. The maximum atomic E-state index is 12.0. The van der Waals surface area contributed by atoms with Gasteiger partial charge in [-0.1, -0.05) is 23.7 Å². The van der Waals surface area contributed by atoms with Gasteiger partial charge in [-0.05, 0) is 18.2 Å². The second kappa shape index (κ2) is 7.51. The second-order valence-corrected chi connectivity index (χ2v) is 4.92. The SMILES string of the molecule is COc1cc(Cl)c(/C=N\NC(=O)c2ccccc2N)cc1OC. The predicted molar refractivity (Wildman–Crippen MR) is 90.5 cm³/mol. The molecular weight excluding hydrogens is 318 g/mol. The number of ether oxygens (including phenoxy) is 2. The number of hydrogen-bond acceptors (Lipinski definition) is 5. The van der Waals surface area contributed by atoms with Gasteiger partial charge in [-0.3, -0.25) is 4.79 Å². The Morgan fingerprint density at radius 3 is 2.52 bits per heavy atom. The number of nitrogen functional groups attached to an aromatic ring is 1. The molecule has 0 unspecified atom stereocenters. The molecule has 120 valence electrons. The molecule has 0 bridgehead atoms. The molecule has 2 rings (SSSR count). The number of methoxy groups -OCH3 is 2. The quantitative estimate of drug-likeness (QED) is 0.500. The summed E-state index contributed by atoms with van der Waals surface area (Å²) in [6.07, 6.45) is 1.42. The van der Waals surface area contributed by atoms with Crippen LogP contribution in [0.1, 0.15) is 15.9 Å². The van der Waals surface area contributed by atoms with Crippen molar-refractivity contribution in [2.45, 2.75) is 0 Å². The smallest absolute Gasteiger partial charge is 0.273 e. The van der Waals surface area contributed by atoms with Crippen LogP contribution in [0.2, 0.25) is 5.02 Å². The fraction of sp³-hybridized carbons (Fsp3) is 0.125. The van der Waals surface area contributed by atoms with Crippen LogP contribution >= 0.6 is 11.6 Å². The fourth-order valence-corrected chi connectivity index (χ4v) is 2.10. The van der Waals surface area contributed by atoms with Gasteiger partial charge in [-0.2, -0.15) is 5.10 Å². The van der Waals surface area contributed by atoms with E-state index in [1.54, 1.807) is 36.4 Å². The summed E-state index contributed by atoms with van der Waals surface area (Å²) >= 11 is 6.14. The molecule has 1 amide bonds. The van der Waals surface area contributed by atoms with E-state index in [1.807, 2.05) is 0 Å². The molecule has 6 nitrogen and oxygen atoms in total. The number of hydrogen-bond donors (Lipinski definition) is 2. The Balaban J connectivity index is 2.15. The summed E-state index contributed by atoms with van der Waals surface area (Å²) in [5.74, 6) is 0.615. The number of hydrazone groups is 1. The van der Waals surface area contributed by atoms with Crippen LogP contribution in [0.4, 0.5) is 5.69 Å². The highest BCUT2D eigenvalue weighted by Gasteiger charge is 2.09. The summed E-state index contributed by atoms with van der Waals surface area (Å²) < 4.78 is 10.3. The van der Waals surface area contributed by atoms with Crippen molar-refractivity contribution < 1.29 is 14.3 Å². The van der Waals surface area contributed by atoms with Crippen LogP contribution in [0, 0.1) is 0 Å². The molecule has 23 heavy (non-hydrogen) atoms. The van der Waals surface area contributed by atoms with Gasteiger partial charge < -0.3 is 15.2 Å². The van der Waals surface area contributed by atoms with E-state index in [-0.39, 0.29) is 0 Å². The van der Waals surface area contributed by atoms with Crippen LogP contribution in [0.3, 0.4) is 0 Å². The first-order valence-corrected chi connectivity index (χ1v) is 7.04. The zero-order valence-electron chi connectivity index (χ0n) is 12.7. The highest BCUT2D eigenvalue weighted by Crippen LogP contribution is 2.32. The van der Waals surface area contributed by atoms with Crippen LogP contribution in [0.15, 0.2) is 41.5 Å². The molecule has 0 atom stereocenters. The molecule has 0 saturated heterocycles. The van der Waals surface area contributed by atoms with E-state index in [2.05, 4.69) is 10.5 Å². The second-order valence-electron chi connectivity index (χ2n) is 4.52. The third kappa shape index (κ3) is 3.92. The Labute approximate surface area is 138 Å². The lowest BCUT2D eigenvalue weighted by Crippen LogP contribution is -2.19. The molecule has 0 saturated carbocycles. The average molecular weight is 334 g/mol. The van der Waals surface area contributed by atoms with Crippen molar-refractivity contribution in [1.82, 2.24) is 5.43 Å². The summed E-state index contributed by atoms with van der Waals surface area (Å²) in [5.41, 5.74) is 9.44. The number of nitrogens with one attached hydrogen (secondary N) is 1. The van der Waals surface area contributed by atoms with E-state index in [4.69, 9.17) is 26.8 Å². The van der Waals surface area contributed by atoms with Crippen LogP contribution < -0.4 is 20.6 Å². The molecule has 0 spiro atoms. The van der Waals surface area contributed by atoms with Crippen molar-refractivity contribution in [3.05, 3.63) is 52.5 Å². The highest BCUT2D eigenvalue weighted by molar-refractivity contribution is 6.33. The van der Waals surface area contributed by atoms with Crippen LogP contribution in [-0.2, 0) is 0 Å². The van der Waals surface area contributed by atoms with Gasteiger partial charge in [-0.25, -0.2) is 5.43 Å². The first kappa shape index (κ1) is 16.6. The zero-order chi connectivity index (χ0) is 16.8. The minimum atomic E-state index is -0.407. The highest BCUT2D eigenvalue weighted by atomic mass is 35.5. The van der Waals surface area contributed by atoms with Gasteiger partial charge >= 0.3 is 0 Å². The largest absolute Gasteiger partial charge is 0.493 e. The van der Waals surface area contributed by atoms with E-state index in [0.29, 0.717) is 33.3 Å². The number of amides is 1. The summed E-state index contributed by atoms with van der Waals surface area (Å²) in [4.78, 5) is 12.0. The van der Waals surface area contributed by atoms with E-state index in [0.717, 1.165) is 0 Å². The van der Waals surface area contributed by atoms with E-state index in [1.165, 1.54) is 20.4 Å². The molecule has 0 heterocycles. The van der Waals surface area contributed by atoms with Gasteiger partial charge in [0.15, 0.2) is 11.5 Å².